The van der Waals surface area contributed by atoms with E-state index in [-0.39, 0.29) is 17.7 Å². The van der Waals surface area contributed by atoms with Crippen LogP contribution in [0.5, 0.6) is 5.75 Å². The lowest BCUT2D eigenvalue weighted by atomic mass is 10.2. The quantitative estimate of drug-likeness (QED) is 0.279. The number of para-hydroxylation sites is 1. The zero-order valence-corrected chi connectivity index (χ0v) is 18.1. The van der Waals surface area contributed by atoms with Crippen molar-refractivity contribution in [3.63, 3.8) is 0 Å². The fourth-order valence-corrected chi connectivity index (χ4v) is 3.65. The normalized spacial score (nSPS) is 9.90. The molecule has 0 bridgehead atoms. The highest BCUT2D eigenvalue weighted by molar-refractivity contribution is 7.10. The Hall–Kier alpha value is -3.34. The van der Waals surface area contributed by atoms with Gasteiger partial charge >= 0.3 is 5.97 Å². The summed E-state index contributed by atoms with van der Waals surface area (Å²) in [4.78, 5) is 11.8. The van der Waals surface area contributed by atoms with E-state index in [0.29, 0.717) is 12.2 Å². The van der Waals surface area contributed by atoms with E-state index < -0.39 is 5.97 Å². The number of hydrogen-bond donors (Lipinski definition) is 4. The molecule has 4 N–H and O–H groups in total. The third-order valence-corrected chi connectivity index (χ3v) is 5.33. The van der Waals surface area contributed by atoms with E-state index in [1.807, 2.05) is 53.9 Å². The molecule has 0 saturated carbocycles. The average Bonchev–Trinajstić information content (AvgIpc) is 3.22. The molecular formula is C24H27N3O3S. The first kappa shape index (κ1) is 23.9. The second-order valence-electron chi connectivity index (χ2n) is 6.74. The van der Waals surface area contributed by atoms with Crippen LogP contribution in [0.15, 0.2) is 66.0 Å². The number of carbonyl (C=O) groups is 1. The Labute approximate surface area is 186 Å². The summed E-state index contributed by atoms with van der Waals surface area (Å²) >= 11 is 1.59. The Morgan fingerprint density at radius 2 is 1.74 bits per heavy atom. The van der Waals surface area contributed by atoms with E-state index in [9.17, 15) is 9.90 Å². The molecule has 0 aliphatic heterocycles. The first-order chi connectivity index (χ1) is 15.1. The molecule has 31 heavy (non-hydrogen) atoms. The molecule has 1 heterocycles. The van der Waals surface area contributed by atoms with Crippen LogP contribution in [0.2, 0.25) is 0 Å². The molecule has 0 saturated heterocycles. The van der Waals surface area contributed by atoms with E-state index in [1.165, 1.54) is 4.88 Å². The lowest BCUT2D eigenvalue weighted by Gasteiger charge is -2.09. The number of thiophene rings is 1. The zero-order valence-electron chi connectivity index (χ0n) is 17.3. The van der Waals surface area contributed by atoms with Gasteiger partial charge in [0.1, 0.15) is 6.07 Å². The monoisotopic (exact) mass is 437 g/mol. The lowest BCUT2D eigenvalue weighted by Crippen LogP contribution is -2.20. The Morgan fingerprint density at radius 3 is 2.39 bits per heavy atom. The molecule has 3 rings (SSSR count). The molecule has 0 spiro atoms. The van der Waals surface area contributed by atoms with Gasteiger partial charge < -0.3 is 20.8 Å². The van der Waals surface area contributed by atoms with E-state index in [2.05, 4.69) is 10.6 Å². The molecule has 7 heteroatoms. The van der Waals surface area contributed by atoms with Gasteiger partial charge in [0.25, 0.3) is 0 Å². The predicted molar refractivity (Wildman–Crippen MR) is 125 cm³/mol. The van der Waals surface area contributed by atoms with Crippen molar-refractivity contribution in [3.05, 3.63) is 82.0 Å². The zero-order chi connectivity index (χ0) is 22.3. The minimum Gasteiger partial charge on any atom is -0.504 e. The summed E-state index contributed by atoms with van der Waals surface area (Å²) in [5.41, 5.74) is 1.70. The summed E-state index contributed by atoms with van der Waals surface area (Å²) in [7, 11) is 0. The smallest absolute Gasteiger partial charge is 0.307 e. The maximum atomic E-state index is 10.7. The number of rotatable bonds is 10. The number of aliphatic carboxylic acids is 1. The highest BCUT2D eigenvalue weighted by Gasteiger charge is 2.06. The fourth-order valence-electron chi connectivity index (χ4n) is 2.76. The summed E-state index contributed by atoms with van der Waals surface area (Å²) in [6, 6.07) is 21.0. The van der Waals surface area contributed by atoms with Gasteiger partial charge in [0.15, 0.2) is 5.75 Å². The van der Waals surface area contributed by atoms with E-state index in [1.54, 1.807) is 29.5 Å². The third-order valence-electron chi connectivity index (χ3n) is 4.28. The Morgan fingerprint density at radius 1 is 1.03 bits per heavy atom. The van der Waals surface area contributed by atoms with Gasteiger partial charge in [-0.1, -0.05) is 42.5 Å². The van der Waals surface area contributed by atoms with Crippen molar-refractivity contribution in [2.45, 2.75) is 19.3 Å². The first-order valence-corrected chi connectivity index (χ1v) is 10.9. The first-order valence-electron chi connectivity index (χ1n) is 10.0. The van der Waals surface area contributed by atoms with E-state index in [0.717, 1.165) is 31.5 Å². The molecule has 3 aromatic rings. The molecule has 0 unspecified atom stereocenters. The van der Waals surface area contributed by atoms with Crippen molar-refractivity contribution in [2.24, 2.45) is 0 Å². The fraction of sp³-hybridized carbons (Fsp3) is 0.250. The molecule has 162 valence electrons. The van der Waals surface area contributed by atoms with Gasteiger partial charge in [0.05, 0.1) is 17.7 Å². The lowest BCUT2D eigenvalue weighted by molar-refractivity contribution is -0.136. The molecule has 0 radical (unpaired) electrons. The largest absolute Gasteiger partial charge is 0.504 e. The van der Waals surface area contributed by atoms with Gasteiger partial charge in [0.2, 0.25) is 0 Å². The van der Waals surface area contributed by atoms with Gasteiger partial charge in [-0.3, -0.25) is 4.79 Å². The number of anilines is 1. The Bertz CT molecular complexity index is 941. The Kier molecular flexibility index (Phi) is 10.7. The van der Waals surface area contributed by atoms with Crippen molar-refractivity contribution in [3.8, 4) is 11.8 Å². The highest BCUT2D eigenvalue weighted by Crippen LogP contribution is 2.26. The van der Waals surface area contributed by atoms with Crippen molar-refractivity contribution >= 4 is 23.0 Å². The highest BCUT2D eigenvalue weighted by atomic mass is 32.1. The molecule has 0 aliphatic rings. The molecule has 0 fully saturated rings. The topological polar surface area (TPSA) is 105 Å². The molecule has 0 aliphatic carbocycles. The van der Waals surface area contributed by atoms with Gasteiger partial charge in [-0.25, -0.2) is 0 Å². The maximum absolute atomic E-state index is 10.7. The molecule has 2 aromatic carbocycles. The average molecular weight is 438 g/mol. The maximum Gasteiger partial charge on any atom is 0.307 e. The van der Waals surface area contributed by atoms with Crippen molar-refractivity contribution in [1.29, 1.82) is 5.26 Å². The minimum atomic E-state index is -0.804. The van der Waals surface area contributed by atoms with Crippen LogP contribution >= 0.6 is 11.3 Å². The predicted octanol–water partition coefficient (Wildman–Crippen LogP) is 4.27. The van der Waals surface area contributed by atoms with Crippen molar-refractivity contribution < 1.29 is 15.0 Å². The van der Waals surface area contributed by atoms with Crippen LogP contribution in [-0.2, 0) is 17.6 Å². The van der Waals surface area contributed by atoms with Crippen molar-refractivity contribution in [2.75, 3.05) is 25.0 Å². The molecule has 1 aromatic heterocycles. The standard InChI is InChI=1S/C18H21N3O3S.C6H6/c19-11-14-3-1-4-16(18(14)24)21-7-2-6-20-8-5-15-9-13(12-25-15)10-17(22)23;1-2-4-6-5-3-1/h1,3-4,9,12,20-21,24H,2,5-8,10H2,(H,22,23);1-6H. The summed E-state index contributed by atoms with van der Waals surface area (Å²) in [5, 5.41) is 35.9. The van der Waals surface area contributed by atoms with Crippen LogP contribution in [-0.4, -0.2) is 35.8 Å². The van der Waals surface area contributed by atoms with Crippen molar-refractivity contribution in [1.82, 2.24) is 5.32 Å². The van der Waals surface area contributed by atoms with Gasteiger partial charge in [-0.2, -0.15) is 5.26 Å². The molecule has 0 amide bonds. The van der Waals surface area contributed by atoms with Crippen LogP contribution in [0.3, 0.4) is 0 Å². The van der Waals surface area contributed by atoms with Crippen LogP contribution in [0.25, 0.3) is 0 Å². The number of hydrogen-bond acceptors (Lipinski definition) is 6. The summed E-state index contributed by atoms with van der Waals surface area (Å²) in [6.45, 7) is 2.36. The number of carboxylic acids is 1. The molecular weight excluding hydrogens is 410 g/mol. The van der Waals surface area contributed by atoms with Gasteiger partial charge in [-0.05, 0) is 55.1 Å². The van der Waals surface area contributed by atoms with Gasteiger partial charge in [-0.15, -0.1) is 11.3 Å². The van der Waals surface area contributed by atoms with Crippen LogP contribution in [0, 0.1) is 11.3 Å². The van der Waals surface area contributed by atoms with E-state index in [4.69, 9.17) is 10.4 Å². The Balaban J connectivity index is 0.000000488. The number of phenolic OH excluding ortho intramolecular Hbond substituents is 1. The van der Waals surface area contributed by atoms with Gasteiger partial charge in [0, 0.05) is 11.4 Å². The molecule has 6 nitrogen and oxygen atoms in total. The summed E-state index contributed by atoms with van der Waals surface area (Å²) in [6.07, 6.45) is 1.84. The SMILES string of the molecule is N#Cc1cccc(NCCCNCCc2cc(CC(=O)O)cs2)c1O.c1ccccc1. The second-order valence-corrected chi connectivity index (χ2v) is 7.74. The van der Waals surface area contributed by atoms with Crippen LogP contribution < -0.4 is 10.6 Å². The molecule has 0 atom stereocenters. The number of nitrogens with zero attached hydrogens (tertiary/aromatic N) is 1. The number of nitriles is 1. The summed E-state index contributed by atoms with van der Waals surface area (Å²) in [5.74, 6) is -0.811. The number of carboxylic acid groups (broad SMARTS) is 1. The second kappa shape index (κ2) is 13.8. The number of benzene rings is 2. The van der Waals surface area contributed by atoms with Crippen LogP contribution in [0.1, 0.15) is 22.4 Å². The van der Waals surface area contributed by atoms with E-state index >= 15 is 0 Å². The summed E-state index contributed by atoms with van der Waals surface area (Å²) < 4.78 is 0. The number of phenols is 1. The minimum absolute atomic E-state index is 0.00665. The third kappa shape index (κ3) is 9.34. The van der Waals surface area contributed by atoms with Crippen LogP contribution in [0.4, 0.5) is 5.69 Å². The number of nitrogens with one attached hydrogen (secondary N) is 2. The number of aromatic hydroxyl groups is 1.